The average molecular weight is 697 g/mol. The fourth-order valence-electron chi connectivity index (χ4n) is 4.99. The zero-order valence-corrected chi connectivity index (χ0v) is 26.0. The van der Waals surface area contributed by atoms with Crippen LogP contribution in [-0.4, -0.2) is 77.3 Å². The molecule has 1 heterocycles. The van der Waals surface area contributed by atoms with E-state index in [4.69, 9.17) is 18.9 Å². The molecule has 1 aliphatic heterocycles. The van der Waals surface area contributed by atoms with Crippen LogP contribution >= 0.6 is 22.6 Å². The topological polar surface area (TPSA) is 147 Å². The number of methoxy groups -OCH3 is 1. The van der Waals surface area contributed by atoms with E-state index in [-0.39, 0.29) is 57.8 Å². The van der Waals surface area contributed by atoms with Crippen molar-refractivity contribution in [3.8, 4) is 23.0 Å². The van der Waals surface area contributed by atoms with Crippen molar-refractivity contribution in [1.82, 2.24) is 10.2 Å². The van der Waals surface area contributed by atoms with Gasteiger partial charge in [-0.1, -0.05) is 19.9 Å². The second kappa shape index (κ2) is 14.4. The number of nitrogens with one attached hydrogen (secondary N) is 1. The smallest absolute Gasteiger partial charge is 0.247 e. The summed E-state index contributed by atoms with van der Waals surface area (Å²) in [5, 5.41) is 33.3. The van der Waals surface area contributed by atoms with Gasteiger partial charge in [0.1, 0.15) is 12.2 Å². The van der Waals surface area contributed by atoms with Crippen LogP contribution < -0.4 is 24.3 Å². The molecule has 0 unspecified atom stereocenters. The summed E-state index contributed by atoms with van der Waals surface area (Å²) in [5.41, 5.74) is 1.72. The highest BCUT2D eigenvalue weighted by atomic mass is 127. The fourth-order valence-corrected chi connectivity index (χ4v) is 5.78. The minimum absolute atomic E-state index is 0.0520. The molecule has 1 aliphatic carbocycles. The molecule has 4 N–H and O–H groups in total. The number of aliphatic hydroxyl groups excluding tert-OH is 3. The number of ether oxygens (including phenoxy) is 4. The molecular weight excluding hydrogens is 659 g/mol. The number of nitrogens with zero attached hydrogens (tertiary/aromatic N) is 1. The molecular formula is C30H37IN2O9. The number of carbonyl (C=O) groups is 2. The first kappa shape index (κ1) is 31.9. The number of fused-ring (bicyclic) bond motifs is 1. The summed E-state index contributed by atoms with van der Waals surface area (Å²) >= 11 is 2.06. The first-order valence-electron chi connectivity index (χ1n) is 13.7. The Hall–Kier alpha value is -3.07. The first-order chi connectivity index (χ1) is 20.1. The number of amides is 2. The van der Waals surface area contributed by atoms with E-state index < -0.39 is 24.2 Å². The Labute approximate surface area is 258 Å². The van der Waals surface area contributed by atoms with Crippen molar-refractivity contribution in [2.45, 2.75) is 58.1 Å². The van der Waals surface area contributed by atoms with Crippen LogP contribution in [0.5, 0.6) is 23.0 Å². The SMILES string of the molecule is COc1cc(CO)cc(I)c1O[C@H]1C=C(C(=O)NCCO)C[C@@H](N(Cc2ccc3c(c2)OCO3)C(=O)CC(C)C)[C@@H]1O. The molecule has 0 bridgehead atoms. The highest BCUT2D eigenvalue weighted by molar-refractivity contribution is 14.1. The van der Waals surface area contributed by atoms with Gasteiger partial charge in [0.25, 0.3) is 0 Å². The van der Waals surface area contributed by atoms with E-state index in [0.29, 0.717) is 37.7 Å². The molecule has 0 spiro atoms. The summed E-state index contributed by atoms with van der Waals surface area (Å²) in [7, 11) is 1.47. The van der Waals surface area contributed by atoms with Gasteiger partial charge in [0.05, 0.1) is 29.9 Å². The maximum absolute atomic E-state index is 13.7. The van der Waals surface area contributed by atoms with Gasteiger partial charge in [0.15, 0.2) is 23.0 Å². The summed E-state index contributed by atoms with van der Waals surface area (Å²) < 4.78 is 23.4. The van der Waals surface area contributed by atoms with E-state index in [2.05, 4.69) is 27.9 Å². The molecule has 0 radical (unpaired) electrons. The third-order valence-electron chi connectivity index (χ3n) is 7.03. The Morgan fingerprint density at radius 1 is 1.14 bits per heavy atom. The van der Waals surface area contributed by atoms with Crippen molar-refractivity contribution in [2.75, 3.05) is 27.1 Å². The molecule has 2 amide bonds. The van der Waals surface area contributed by atoms with Crippen molar-refractivity contribution in [3.63, 3.8) is 0 Å². The van der Waals surface area contributed by atoms with Crippen LogP contribution in [0.1, 0.15) is 37.8 Å². The summed E-state index contributed by atoms with van der Waals surface area (Å²) in [4.78, 5) is 28.4. The summed E-state index contributed by atoms with van der Waals surface area (Å²) in [6.45, 7) is 3.79. The third kappa shape index (κ3) is 7.46. The number of hydrogen-bond acceptors (Lipinski definition) is 9. The van der Waals surface area contributed by atoms with Crippen molar-refractivity contribution in [3.05, 3.63) is 56.7 Å². The predicted molar refractivity (Wildman–Crippen MR) is 161 cm³/mol. The molecule has 12 heteroatoms. The van der Waals surface area contributed by atoms with E-state index in [0.717, 1.165) is 5.56 Å². The van der Waals surface area contributed by atoms with Gasteiger partial charge in [-0.3, -0.25) is 9.59 Å². The molecule has 0 saturated heterocycles. The minimum atomic E-state index is -1.21. The van der Waals surface area contributed by atoms with Crippen molar-refractivity contribution in [2.24, 2.45) is 5.92 Å². The van der Waals surface area contributed by atoms with E-state index in [9.17, 15) is 24.9 Å². The summed E-state index contributed by atoms with van der Waals surface area (Å²) in [6.07, 6.45) is -0.363. The number of aliphatic hydroxyl groups is 3. The molecule has 0 aromatic heterocycles. The highest BCUT2D eigenvalue weighted by Crippen LogP contribution is 2.38. The standard InChI is InChI=1S/C30H37IN2O9/c1-17(2)8-27(36)33(14-18-4-5-23-24(10-18)41-16-40-23)22-12-20(30(38)32-6-7-34)13-25(28(22)37)42-29-21(31)9-19(15-35)11-26(29)39-3/h4-5,9-11,13,17,22,25,28,34-35,37H,6-8,12,14-16H2,1-3H3,(H,32,38)/t22-,25+,28+/m1/s1. The number of halogens is 1. The Morgan fingerprint density at radius 3 is 2.60 bits per heavy atom. The van der Waals surface area contributed by atoms with Gasteiger partial charge in [-0.2, -0.15) is 0 Å². The van der Waals surface area contributed by atoms with Crippen molar-refractivity contribution >= 4 is 34.4 Å². The molecule has 4 rings (SSSR count). The van der Waals surface area contributed by atoms with Gasteiger partial charge in [0.2, 0.25) is 18.6 Å². The maximum atomic E-state index is 13.7. The molecule has 228 valence electrons. The number of rotatable bonds is 12. The zero-order valence-electron chi connectivity index (χ0n) is 23.8. The Bertz CT molecular complexity index is 1320. The van der Waals surface area contributed by atoms with Crippen LogP contribution in [0, 0.1) is 9.49 Å². The van der Waals surface area contributed by atoms with Gasteiger partial charge < -0.3 is 44.5 Å². The first-order valence-corrected chi connectivity index (χ1v) is 14.8. The number of hydrogen-bond donors (Lipinski definition) is 4. The van der Waals surface area contributed by atoms with E-state index >= 15 is 0 Å². The summed E-state index contributed by atoms with van der Waals surface area (Å²) in [6, 6.07) is 7.99. The van der Waals surface area contributed by atoms with Crippen LogP contribution in [0.4, 0.5) is 0 Å². The predicted octanol–water partition coefficient (Wildman–Crippen LogP) is 2.51. The quantitative estimate of drug-likeness (QED) is 0.246. The largest absolute Gasteiger partial charge is 0.493 e. The van der Waals surface area contributed by atoms with Crippen molar-refractivity contribution < 1.29 is 43.9 Å². The molecule has 11 nitrogen and oxygen atoms in total. The zero-order chi connectivity index (χ0) is 30.4. The fraction of sp³-hybridized carbons (Fsp3) is 0.467. The molecule has 3 atom stereocenters. The highest BCUT2D eigenvalue weighted by Gasteiger charge is 2.41. The maximum Gasteiger partial charge on any atom is 0.247 e. The lowest BCUT2D eigenvalue weighted by molar-refractivity contribution is -0.140. The number of benzene rings is 2. The Kier molecular flexibility index (Phi) is 10.9. The van der Waals surface area contributed by atoms with Crippen LogP contribution in [0.25, 0.3) is 0 Å². The van der Waals surface area contributed by atoms with Gasteiger partial charge in [0, 0.05) is 31.5 Å². The van der Waals surface area contributed by atoms with Crippen LogP contribution in [-0.2, 0) is 22.7 Å². The van der Waals surface area contributed by atoms with Gasteiger partial charge in [-0.25, -0.2) is 0 Å². The van der Waals surface area contributed by atoms with Gasteiger partial charge >= 0.3 is 0 Å². The molecule has 0 fully saturated rings. The Balaban J connectivity index is 1.72. The van der Waals surface area contributed by atoms with Gasteiger partial charge in [-0.05, 0) is 70.0 Å². The average Bonchev–Trinajstić information content (AvgIpc) is 3.44. The van der Waals surface area contributed by atoms with Gasteiger partial charge in [-0.15, -0.1) is 0 Å². The lowest BCUT2D eigenvalue weighted by Crippen LogP contribution is -2.55. The van der Waals surface area contributed by atoms with E-state index in [1.165, 1.54) is 7.11 Å². The van der Waals surface area contributed by atoms with Crippen LogP contribution in [0.3, 0.4) is 0 Å². The molecule has 2 aromatic rings. The lowest BCUT2D eigenvalue weighted by atomic mass is 9.87. The molecule has 42 heavy (non-hydrogen) atoms. The normalized spacial score (nSPS) is 19.3. The monoisotopic (exact) mass is 696 g/mol. The molecule has 2 aromatic carbocycles. The summed E-state index contributed by atoms with van der Waals surface area (Å²) in [5.74, 6) is 1.34. The third-order valence-corrected chi connectivity index (χ3v) is 7.83. The second-order valence-electron chi connectivity index (χ2n) is 10.6. The molecule has 2 aliphatic rings. The minimum Gasteiger partial charge on any atom is -0.493 e. The second-order valence-corrected chi connectivity index (χ2v) is 11.8. The molecule has 0 saturated carbocycles. The van der Waals surface area contributed by atoms with Crippen LogP contribution in [0.2, 0.25) is 0 Å². The van der Waals surface area contributed by atoms with Crippen LogP contribution in [0.15, 0.2) is 42.0 Å². The number of carbonyl (C=O) groups excluding carboxylic acids is 2. The van der Waals surface area contributed by atoms with Crippen molar-refractivity contribution in [1.29, 1.82) is 0 Å². The van der Waals surface area contributed by atoms with E-state index in [1.807, 2.05) is 26.0 Å². The lowest BCUT2D eigenvalue weighted by Gasteiger charge is -2.41. The Morgan fingerprint density at radius 2 is 1.90 bits per heavy atom. The van der Waals surface area contributed by atoms with E-state index in [1.54, 1.807) is 29.2 Å².